The predicted octanol–water partition coefficient (Wildman–Crippen LogP) is 3.55. The van der Waals surface area contributed by atoms with Gasteiger partial charge >= 0.3 is 6.03 Å². The van der Waals surface area contributed by atoms with Gasteiger partial charge < -0.3 is 10.2 Å². The fraction of sp³-hybridized carbons (Fsp3) is 0.300. The molecule has 2 aromatic carbocycles. The monoisotopic (exact) mass is 322 g/mol. The molecule has 0 saturated carbocycles. The normalized spacial score (nSPS) is 23.7. The summed E-state index contributed by atoms with van der Waals surface area (Å²) in [6, 6.07) is 19.0. The fourth-order valence-corrected chi connectivity index (χ4v) is 3.48. The predicted molar refractivity (Wildman–Crippen MR) is 93.3 cm³/mol. The van der Waals surface area contributed by atoms with Gasteiger partial charge in [0, 0.05) is 12.6 Å². The number of rotatable bonds is 4. The van der Waals surface area contributed by atoms with Gasteiger partial charge in [-0.2, -0.15) is 0 Å². The van der Waals surface area contributed by atoms with E-state index in [1.165, 1.54) is 0 Å². The Morgan fingerprint density at radius 3 is 2.21 bits per heavy atom. The summed E-state index contributed by atoms with van der Waals surface area (Å²) in [7, 11) is 0. The zero-order valence-electron chi connectivity index (χ0n) is 14.0. The molecule has 2 amide bonds. The summed E-state index contributed by atoms with van der Waals surface area (Å²) < 4.78 is 0. The van der Waals surface area contributed by atoms with E-state index in [2.05, 4.69) is 5.32 Å². The van der Waals surface area contributed by atoms with Gasteiger partial charge in [0.2, 0.25) is 0 Å². The molecular formula is C20H22N2O2. The number of hydrogen-bond acceptors (Lipinski definition) is 2. The fourth-order valence-electron chi connectivity index (χ4n) is 3.48. The lowest BCUT2D eigenvalue weighted by Crippen LogP contribution is -2.58. The third-order valence-electron chi connectivity index (χ3n) is 4.73. The molecule has 1 aliphatic rings. The largest absolute Gasteiger partial charge is 0.330 e. The smallest absolute Gasteiger partial charge is 0.318 e. The van der Waals surface area contributed by atoms with Crippen LogP contribution in [0.2, 0.25) is 0 Å². The second-order valence-electron chi connectivity index (χ2n) is 6.33. The lowest BCUT2D eigenvalue weighted by molar-refractivity contribution is -0.124. The van der Waals surface area contributed by atoms with Crippen LogP contribution in [0.5, 0.6) is 0 Å². The minimum atomic E-state index is -0.279. The van der Waals surface area contributed by atoms with Gasteiger partial charge in [-0.05, 0) is 25.0 Å². The van der Waals surface area contributed by atoms with Gasteiger partial charge in [0.05, 0.1) is 12.0 Å². The van der Waals surface area contributed by atoms with Crippen LogP contribution in [0.1, 0.15) is 31.0 Å². The molecule has 3 atom stereocenters. The van der Waals surface area contributed by atoms with E-state index in [0.717, 1.165) is 11.1 Å². The molecule has 1 heterocycles. The van der Waals surface area contributed by atoms with Crippen LogP contribution in [0.25, 0.3) is 0 Å². The van der Waals surface area contributed by atoms with Crippen LogP contribution in [0.3, 0.4) is 0 Å². The maximum absolute atomic E-state index is 12.7. The number of hydrogen-bond donors (Lipinski definition) is 1. The highest BCUT2D eigenvalue weighted by molar-refractivity contribution is 5.85. The first-order valence-corrected chi connectivity index (χ1v) is 8.24. The first-order chi connectivity index (χ1) is 11.6. The number of amides is 2. The van der Waals surface area contributed by atoms with Crippen LogP contribution in [-0.4, -0.2) is 22.8 Å². The second kappa shape index (κ2) is 6.87. The molecule has 124 valence electrons. The van der Waals surface area contributed by atoms with E-state index in [1.807, 2.05) is 67.6 Å². The van der Waals surface area contributed by atoms with Gasteiger partial charge in [-0.15, -0.1) is 0 Å². The molecule has 1 N–H and O–H groups in total. The lowest BCUT2D eigenvalue weighted by Gasteiger charge is -2.43. The third-order valence-corrected chi connectivity index (χ3v) is 4.73. The van der Waals surface area contributed by atoms with Gasteiger partial charge in [-0.25, -0.2) is 4.79 Å². The molecule has 2 aromatic rings. The first kappa shape index (κ1) is 16.2. The van der Waals surface area contributed by atoms with E-state index in [4.69, 9.17) is 0 Å². The van der Waals surface area contributed by atoms with E-state index >= 15 is 0 Å². The van der Waals surface area contributed by atoms with Crippen molar-refractivity contribution < 1.29 is 9.59 Å². The minimum Gasteiger partial charge on any atom is -0.330 e. The van der Waals surface area contributed by atoms with Crippen LogP contribution in [0.4, 0.5) is 4.79 Å². The lowest BCUT2D eigenvalue weighted by atomic mass is 9.82. The second-order valence-corrected chi connectivity index (χ2v) is 6.33. The molecule has 0 aromatic heterocycles. The van der Waals surface area contributed by atoms with Gasteiger partial charge in [0.15, 0.2) is 0 Å². The number of carbonyl (C=O) groups is 2. The molecule has 0 spiro atoms. The average Bonchev–Trinajstić information content (AvgIpc) is 2.59. The van der Waals surface area contributed by atoms with Crippen LogP contribution >= 0.6 is 0 Å². The standard InChI is InChI=1S/C20H22N2O2/c1-14-18(15(2)23)19(17-11-7-4-8-12-17)21-20(24)22(14)13-16-9-5-3-6-10-16/h3-12,14,18-19H,13H2,1-2H3,(H,21,24)/t14-,18+,19+/m1/s1. The molecular weight excluding hydrogens is 300 g/mol. The Hall–Kier alpha value is -2.62. The van der Waals surface area contributed by atoms with Crippen molar-refractivity contribution in [2.45, 2.75) is 32.5 Å². The summed E-state index contributed by atoms with van der Waals surface area (Å²) in [6.45, 7) is 4.07. The topological polar surface area (TPSA) is 49.4 Å². The van der Waals surface area contributed by atoms with Crippen LogP contribution < -0.4 is 5.32 Å². The Labute approximate surface area is 142 Å². The summed E-state index contributed by atoms with van der Waals surface area (Å²) >= 11 is 0. The number of urea groups is 1. The Kier molecular flexibility index (Phi) is 4.65. The Morgan fingerprint density at radius 1 is 1.04 bits per heavy atom. The maximum atomic E-state index is 12.7. The van der Waals surface area contributed by atoms with E-state index in [-0.39, 0.29) is 29.8 Å². The zero-order valence-corrected chi connectivity index (χ0v) is 14.0. The van der Waals surface area contributed by atoms with Crippen molar-refractivity contribution in [3.8, 4) is 0 Å². The van der Waals surface area contributed by atoms with Crippen LogP contribution in [0, 0.1) is 5.92 Å². The zero-order chi connectivity index (χ0) is 17.1. The molecule has 0 unspecified atom stereocenters. The van der Waals surface area contributed by atoms with E-state index in [0.29, 0.717) is 6.54 Å². The Balaban J connectivity index is 1.88. The summed E-state index contributed by atoms with van der Waals surface area (Å²) in [5.41, 5.74) is 2.03. The number of nitrogens with zero attached hydrogens (tertiary/aromatic N) is 1. The number of nitrogens with one attached hydrogen (secondary N) is 1. The van der Waals surface area contributed by atoms with E-state index in [1.54, 1.807) is 11.8 Å². The minimum absolute atomic E-state index is 0.0921. The molecule has 4 nitrogen and oxygen atoms in total. The summed E-state index contributed by atoms with van der Waals surface area (Å²) in [5, 5.41) is 3.03. The highest BCUT2D eigenvalue weighted by atomic mass is 16.2. The summed E-state index contributed by atoms with van der Waals surface area (Å²) in [4.78, 5) is 26.7. The molecule has 1 saturated heterocycles. The van der Waals surface area contributed by atoms with Crippen molar-refractivity contribution in [1.29, 1.82) is 0 Å². The quantitative estimate of drug-likeness (QED) is 0.936. The number of benzene rings is 2. The number of carbonyl (C=O) groups excluding carboxylic acids is 2. The highest BCUT2D eigenvalue weighted by Gasteiger charge is 2.42. The van der Waals surface area contributed by atoms with Crippen molar-refractivity contribution >= 4 is 11.8 Å². The molecule has 0 aliphatic carbocycles. The third kappa shape index (κ3) is 3.18. The van der Waals surface area contributed by atoms with E-state index in [9.17, 15) is 9.59 Å². The molecule has 0 radical (unpaired) electrons. The van der Waals surface area contributed by atoms with E-state index < -0.39 is 0 Å². The van der Waals surface area contributed by atoms with Gasteiger partial charge in [0.1, 0.15) is 5.78 Å². The van der Waals surface area contributed by atoms with Gasteiger partial charge in [-0.1, -0.05) is 60.7 Å². The summed E-state index contributed by atoms with van der Waals surface area (Å²) in [5.74, 6) is -0.178. The Bertz CT molecular complexity index is 715. The van der Waals surface area contributed by atoms with Crippen molar-refractivity contribution in [3.63, 3.8) is 0 Å². The van der Waals surface area contributed by atoms with Gasteiger partial charge in [-0.3, -0.25) is 4.79 Å². The molecule has 3 rings (SSSR count). The van der Waals surface area contributed by atoms with Gasteiger partial charge in [0.25, 0.3) is 0 Å². The van der Waals surface area contributed by atoms with Crippen LogP contribution in [-0.2, 0) is 11.3 Å². The molecule has 0 bridgehead atoms. The highest BCUT2D eigenvalue weighted by Crippen LogP contribution is 2.33. The average molecular weight is 322 g/mol. The Morgan fingerprint density at radius 2 is 1.62 bits per heavy atom. The first-order valence-electron chi connectivity index (χ1n) is 8.24. The van der Waals surface area contributed by atoms with Crippen molar-refractivity contribution in [2.75, 3.05) is 0 Å². The maximum Gasteiger partial charge on any atom is 0.318 e. The summed E-state index contributed by atoms with van der Waals surface area (Å²) in [6.07, 6.45) is 0. The molecule has 1 aliphatic heterocycles. The molecule has 1 fully saturated rings. The molecule has 24 heavy (non-hydrogen) atoms. The van der Waals surface area contributed by atoms with Crippen molar-refractivity contribution in [1.82, 2.24) is 10.2 Å². The SMILES string of the molecule is CC(=O)[C@@H]1[C@@H](C)N(Cc2ccccc2)C(=O)N[C@H]1c1ccccc1. The van der Waals surface area contributed by atoms with Crippen molar-refractivity contribution in [2.24, 2.45) is 5.92 Å². The number of ketones is 1. The van der Waals surface area contributed by atoms with Crippen LogP contribution in [0.15, 0.2) is 60.7 Å². The molecule has 4 heteroatoms. The van der Waals surface area contributed by atoms with Crippen molar-refractivity contribution in [3.05, 3.63) is 71.8 Å². The number of Topliss-reactive ketones (excluding diaryl/α,β-unsaturated/α-hetero) is 1.